The first-order valence-electron chi connectivity index (χ1n) is 13.8. The van der Waals surface area contributed by atoms with Gasteiger partial charge in [-0.15, -0.1) is 0 Å². The molecule has 2 aliphatic rings. The number of hydrogen-bond donors (Lipinski definition) is 1. The van der Waals surface area contributed by atoms with Crippen molar-refractivity contribution in [1.82, 2.24) is 24.8 Å². The molecule has 1 atom stereocenters. The van der Waals surface area contributed by atoms with E-state index in [4.69, 9.17) is 14.7 Å². The number of rotatable bonds is 6. The maximum absolute atomic E-state index is 13.7. The van der Waals surface area contributed by atoms with Gasteiger partial charge in [0.2, 0.25) is 0 Å². The maximum atomic E-state index is 13.7. The monoisotopic (exact) mass is 538 g/mol. The fraction of sp³-hybridized carbons (Fsp3) is 0.344. The van der Waals surface area contributed by atoms with Gasteiger partial charge in [-0.05, 0) is 94.2 Å². The van der Waals surface area contributed by atoms with Crippen LogP contribution in [0.15, 0.2) is 60.5 Å². The molecule has 8 heteroatoms. The van der Waals surface area contributed by atoms with Crippen LogP contribution in [0.25, 0.3) is 22.2 Å². The number of imidazole rings is 1. The number of aromatic nitrogens is 4. The van der Waals surface area contributed by atoms with Gasteiger partial charge < -0.3 is 19.5 Å². The van der Waals surface area contributed by atoms with Gasteiger partial charge in [-0.25, -0.2) is 19.3 Å². The van der Waals surface area contributed by atoms with Gasteiger partial charge in [-0.1, -0.05) is 18.2 Å². The summed E-state index contributed by atoms with van der Waals surface area (Å²) in [6, 6.07) is 12.8. The summed E-state index contributed by atoms with van der Waals surface area (Å²) in [5, 5.41) is 0. The van der Waals surface area contributed by atoms with E-state index in [1.165, 1.54) is 0 Å². The third kappa shape index (κ3) is 5.49. The molecule has 2 aromatic carbocycles. The van der Waals surface area contributed by atoms with Crippen molar-refractivity contribution in [3.05, 3.63) is 88.9 Å². The Morgan fingerprint density at radius 2 is 1.90 bits per heavy atom. The molecule has 0 fully saturated rings. The van der Waals surface area contributed by atoms with Crippen LogP contribution in [-0.2, 0) is 19.5 Å². The van der Waals surface area contributed by atoms with E-state index in [0.717, 1.165) is 68.6 Å². The minimum absolute atomic E-state index is 0.162. The quantitative estimate of drug-likeness (QED) is 0.321. The fourth-order valence-corrected chi connectivity index (χ4v) is 5.62. The minimum atomic E-state index is -0.162. The number of nitrogens with zero attached hydrogens (tertiary/aromatic N) is 5. The second kappa shape index (κ2) is 10.8. The number of anilines is 1. The summed E-state index contributed by atoms with van der Waals surface area (Å²) in [5.74, 6) is 3.61. The molecule has 3 heterocycles. The van der Waals surface area contributed by atoms with Gasteiger partial charge in [0.05, 0.1) is 24.1 Å². The van der Waals surface area contributed by atoms with Crippen LogP contribution in [-0.4, -0.2) is 52.1 Å². The Labute approximate surface area is 234 Å². The average molecular weight is 539 g/mol. The highest BCUT2D eigenvalue weighted by atomic mass is 19.1. The zero-order chi connectivity index (χ0) is 27.8. The zero-order valence-corrected chi connectivity index (χ0v) is 23.5. The number of halogens is 1. The summed E-state index contributed by atoms with van der Waals surface area (Å²) in [5.41, 5.74) is 7.48. The normalized spacial score (nSPS) is 17.1. The summed E-state index contributed by atoms with van der Waals surface area (Å²) in [6.07, 6.45) is 6.65. The molecule has 1 N–H and O–H groups in total. The van der Waals surface area contributed by atoms with Crippen LogP contribution in [0.2, 0.25) is 0 Å². The summed E-state index contributed by atoms with van der Waals surface area (Å²) >= 11 is 0. The molecule has 0 radical (unpaired) electrons. The van der Waals surface area contributed by atoms with E-state index >= 15 is 0 Å². The van der Waals surface area contributed by atoms with Crippen molar-refractivity contribution in [1.29, 1.82) is 0 Å². The van der Waals surface area contributed by atoms with Gasteiger partial charge >= 0.3 is 0 Å². The number of nitrogens with one attached hydrogen (secondary N) is 1. The van der Waals surface area contributed by atoms with Crippen molar-refractivity contribution in [2.75, 3.05) is 32.1 Å². The lowest BCUT2D eigenvalue weighted by atomic mass is 9.92. The van der Waals surface area contributed by atoms with Crippen LogP contribution in [0, 0.1) is 19.8 Å². The Kier molecular flexibility index (Phi) is 7.11. The molecule has 1 aliphatic heterocycles. The number of H-pyrrole nitrogens is 1. The number of aryl methyl sites for hydroxylation is 2. The fourth-order valence-electron chi connectivity index (χ4n) is 5.62. The van der Waals surface area contributed by atoms with Gasteiger partial charge in [-0.2, -0.15) is 0 Å². The number of hydrogen-bond acceptors (Lipinski definition) is 6. The van der Waals surface area contributed by atoms with E-state index < -0.39 is 0 Å². The molecule has 7 nitrogen and oxygen atoms in total. The molecule has 0 bridgehead atoms. The van der Waals surface area contributed by atoms with E-state index in [9.17, 15) is 4.39 Å². The van der Waals surface area contributed by atoms with Gasteiger partial charge in [0.1, 0.15) is 35.6 Å². The van der Waals surface area contributed by atoms with Crippen LogP contribution in [0.3, 0.4) is 0 Å². The van der Waals surface area contributed by atoms with Gasteiger partial charge in [-0.3, -0.25) is 0 Å². The molecule has 1 aliphatic carbocycles. The van der Waals surface area contributed by atoms with Gasteiger partial charge in [0.25, 0.3) is 0 Å². The van der Waals surface area contributed by atoms with Crippen LogP contribution in [0.4, 0.5) is 10.2 Å². The number of fused-ring (bicyclic) bond motifs is 2. The zero-order valence-electron chi connectivity index (χ0n) is 23.5. The van der Waals surface area contributed by atoms with Gasteiger partial charge in [0, 0.05) is 23.4 Å². The maximum Gasteiger partial charge on any atom is 0.144 e. The van der Waals surface area contributed by atoms with Crippen molar-refractivity contribution < 1.29 is 9.13 Å². The average Bonchev–Trinajstić information content (AvgIpc) is 3.16. The highest BCUT2D eigenvalue weighted by molar-refractivity contribution is 5.82. The Morgan fingerprint density at radius 1 is 1.07 bits per heavy atom. The molecule has 0 saturated heterocycles. The number of benzene rings is 2. The first kappa shape index (κ1) is 26.2. The summed E-state index contributed by atoms with van der Waals surface area (Å²) in [6.45, 7) is 6.65. The lowest BCUT2D eigenvalue weighted by molar-refractivity contribution is 0.331. The van der Waals surface area contributed by atoms with E-state index in [2.05, 4.69) is 63.1 Å². The molecular formula is C32H35FN6O. The van der Waals surface area contributed by atoms with Crippen molar-refractivity contribution in [3.8, 4) is 16.9 Å². The van der Waals surface area contributed by atoms with Crippen molar-refractivity contribution >= 4 is 16.9 Å². The first-order chi connectivity index (χ1) is 19.3. The van der Waals surface area contributed by atoms with Crippen LogP contribution < -0.4 is 9.64 Å². The van der Waals surface area contributed by atoms with E-state index in [1.54, 1.807) is 12.2 Å². The van der Waals surface area contributed by atoms with E-state index in [0.29, 0.717) is 32.7 Å². The molecule has 2 aromatic heterocycles. The lowest BCUT2D eigenvalue weighted by Crippen LogP contribution is -2.29. The second-order valence-electron chi connectivity index (χ2n) is 11.1. The molecule has 4 aromatic rings. The topological polar surface area (TPSA) is 70.2 Å². The highest BCUT2D eigenvalue weighted by Crippen LogP contribution is 2.34. The SMILES string of the molecule is Cc1nc2ccc(-c3ccc4c(c3)CN(c3nc(CN(C)C)nc(C)c3CC3C=CC(F)=CC3)CCO4)cc2[nH]1. The third-order valence-corrected chi connectivity index (χ3v) is 7.58. The summed E-state index contributed by atoms with van der Waals surface area (Å²) < 4.78 is 19.9. The lowest BCUT2D eigenvalue weighted by Gasteiger charge is -2.27. The molecule has 206 valence electrons. The summed E-state index contributed by atoms with van der Waals surface area (Å²) in [4.78, 5) is 22.3. The smallest absolute Gasteiger partial charge is 0.144 e. The molecule has 0 spiro atoms. The van der Waals surface area contributed by atoms with E-state index in [-0.39, 0.29) is 11.7 Å². The predicted molar refractivity (Wildman–Crippen MR) is 157 cm³/mol. The number of aromatic amines is 1. The largest absolute Gasteiger partial charge is 0.491 e. The predicted octanol–water partition coefficient (Wildman–Crippen LogP) is 6.07. The number of ether oxygens (including phenoxy) is 1. The molecular weight excluding hydrogens is 503 g/mol. The Bertz CT molecular complexity index is 1620. The standard InChI is InChI=1S/C32H35FN6O/c1-20-27(15-22-5-9-26(33)10-6-22)32(37-31(34-20)19-38(3)4)39-13-14-40-30-12-8-23(16-25(30)18-39)24-7-11-28-29(17-24)36-21(2)35-28/h5,7-12,16-17,22H,6,13-15,18-19H2,1-4H3,(H,35,36). The van der Waals surface area contributed by atoms with Crippen molar-refractivity contribution in [2.24, 2.45) is 5.92 Å². The van der Waals surface area contributed by atoms with Gasteiger partial charge in [0.15, 0.2) is 0 Å². The Hall–Kier alpha value is -4.04. The summed E-state index contributed by atoms with van der Waals surface area (Å²) in [7, 11) is 4.05. The molecule has 0 saturated carbocycles. The van der Waals surface area contributed by atoms with Crippen molar-refractivity contribution in [3.63, 3.8) is 0 Å². The highest BCUT2D eigenvalue weighted by Gasteiger charge is 2.24. The molecule has 1 unspecified atom stereocenters. The minimum Gasteiger partial charge on any atom is -0.491 e. The molecule has 6 rings (SSSR count). The molecule has 40 heavy (non-hydrogen) atoms. The van der Waals surface area contributed by atoms with Crippen LogP contribution in [0.5, 0.6) is 5.75 Å². The first-order valence-corrected chi connectivity index (χ1v) is 13.8. The Balaban J connectivity index is 1.35. The second-order valence-corrected chi connectivity index (χ2v) is 11.1. The third-order valence-electron chi connectivity index (χ3n) is 7.58. The van der Waals surface area contributed by atoms with Crippen LogP contribution >= 0.6 is 0 Å². The number of allylic oxidation sites excluding steroid dienone is 4. The van der Waals surface area contributed by atoms with Crippen LogP contribution in [0.1, 0.15) is 34.9 Å². The van der Waals surface area contributed by atoms with Crippen molar-refractivity contribution in [2.45, 2.75) is 39.8 Å². The van der Waals surface area contributed by atoms with E-state index in [1.807, 2.05) is 27.1 Å². The Morgan fingerprint density at radius 3 is 2.70 bits per heavy atom. The molecule has 0 amide bonds.